The lowest BCUT2D eigenvalue weighted by molar-refractivity contribution is 0.392. The normalized spacial score (nSPS) is 15.4. The van der Waals surface area contributed by atoms with Crippen molar-refractivity contribution in [3.63, 3.8) is 0 Å². The average molecular weight is 488 g/mol. The van der Waals surface area contributed by atoms with Crippen molar-refractivity contribution in [2.24, 2.45) is 13.0 Å². The SMILES string of the molecule is COc1ccc(N2C[C@@H](C)Cn3c2nc2c3c(=O)n(C/C=C/c3ccccc3)c(=O)n2C)c(OC)c1. The largest absolute Gasteiger partial charge is 0.497 e. The number of allylic oxidation sites excluding steroid dienone is 1. The second-order valence-corrected chi connectivity index (χ2v) is 9.02. The van der Waals surface area contributed by atoms with E-state index in [-0.39, 0.29) is 18.0 Å². The van der Waals surface area contributed by atoms with Crippen LogP contribution in [0.4, 0.5) is 11.6 Å². The lowest BCUT2D eigenvalue weighted by atomic mass is 10.1. The lowest BCUT2D eigenvalue weighted by Gasteiger charge is -2.33. The summed E-state index contributed by atoms with van der Waals surface area (Å²) in [6.45, 7) is 3.60. The Labute approximate surface area is 208 Å². The summed E-state index contributed by atoms with van der Waals surface area (Å²) < 4.78 is 15.6. The maximum absolute atomic E-state index is 13.6. The second-order valence-electron chi connectivity index (χ2n) is 9.02. The minimum absolute atomic E-state index is 0.169. The molecule has 1 atom stereocenters. The van der Waals surface area contributed by atoms with Gasteiger partial charge in [0.1, 0.15) is 11.5 Å². The fourth-order valence-electron chi connectivity index (χ4n) is 4.74. The highest BCUT2D eigenvalue weighted by atomic mass is 16.5. The van der Waals surface area contributed by atoms with Crippen LogP contribution in [0.3, 0.4) is 0 Å². The van der Waals surface area contributed by atoms with Crippen molar-refractivity contribution in [2.75, 3.05) is 25.7 Å². The molecule has 0 N–H and O–H groups in total. The zero-order valence-corrected chi connectivity index (χ0v) is 20.8. The van der Waals surface area contributed by atoms with Gasteiger partial charge in [0, 0.05) is 32.7 Å². The van der Waals surface area contributed by atoms with Crippen molar-refractivity contribution in [1.29, 1.82) is 0 Å². The quantitative estimate of drug-likeness (QED) is 0.415. The van der Waals surface area contributed by atoms with Crippen LogP contribution in [0.25, 0.3) is 17.2 Å². The van der Waals surface area contributed by atoms with E-state index in [2.05, 4.69) is 6.92 Å². The molecule has 36 heavy (non-hydrogen) atoms. The first-order valence-corrected chi connectivity index (χ1v) is 11.8. The van der Waals surface area contributed by atoms with E-state index in [1.807, 2.05) is 70.1 Å². The van der Waals surface area contributed by atoms with Crippen LogP contribution in [0.15, 0.2) is 64.2 Å². The molecule has 2 aromatic heterocycles. The van der Waals surface area contributed by atoms with Crippen molar-refractivity contribution in [2.45, 2.75) is 20.0 Å². The van der Waals surface area contributed by atoms with Gasteiger partial charge < -0.3 is 18.9 Å². The number of hydrogen-bond donors (Lipinski definition) is 0. The van der Waals surface area contributed by atoms with Crippen LogP contribution in [0, 0.1) is 5.92 Å². The monoisotopic (exact) mass is 487 g/mol. The summed E-state index contributed by atoms with van der Waals surface area (Å²) in [5.41, 5.74) is 1.86. The van der Waals surface area contributed by atoms with Crippen molar-refractivity contribution < 1.29 is 9.47 Å². The van der Waals surface area contributed by atoms with Gasteiger partial charge in [0.15, 0.2) is 11.2 Å². The topological polar surface area (TPSA) is 83.5 Å². The van der Waals surface area contributed by atoms with E-state index in [1.54, 1.807) is 21.3 Å². The summed E-state index contributed by atoms with van der Waals surface area (Å²) >= 11 is 0. The molecule has 0 spiro atoms. The number of nitrogens with zero attached hydrogens (tertiary/aromatic N) is 5. The molecule has 5 rings (SSSR count). The van der Waals surface area contributed by atoms with Gasteiger partial charge in [-0.05, 0) is 23.6 Å². The van der Waals surface area contributed by atoms with Crippen LogP contribution in [0.1, 0.15) is 12.5 Å². The molecule has 9 nitrogen and oxygen atoms in total. The number of imidazole rings is 1. The molecule has 0 radical (unpaired) electrons. The summed E-state index contributed by atoms with van der Waals surface area (Å²) in [6, 6.07) is 15.4. The van der Waals surface area contributed by atoms with Crippen LogP contribution in [0.5, 0.6) is 11.5 Å². The third-order valence-electron chi connectivity index (χ3n) is 6.52. The molecule has 9 heteroatoms. The van der Waals surface area contributed by atoms with Crippen LogP contribution >= 0.6 is 0 Å². The Kier molecular flexibility index (Phi) is 6.13. The van der Waals surface area contributed by atoms with Crippen LogP contribution in [-0.2, 0) is 20.1 Å². The molecular weight excluding hydrogens is 458 g/mol. The molecule has 4 aromatic rings. The summed E-state index contributed by atoms with van der Waals surface area (Å²) in [5.74, 6) is 2.16. The van der Waals surface area contributed by atoms with Crippen molar-refractivity contribution >= 4 is 28.9 Å². The third-order valence-corrected chi connectivity index (χ3v) is 6.52. The van der Waals surface area contributed by atoms with Crippen molar-refractivity contribution in [3.8, 4) is 11.5 Å². The predicted octanol–water partition coefficient (Wildman–Crippen LogP) is 3.42. The zero-order chi connectivity index (χ0) is 25.4. The molecule has 0 unspecified atom stereocenters. The second kappa shape index (κ2) is 9.41. The fraction of sp³-hybridized carbons (Fsp3) is 0.296. The number of benzene rings is 2. The molecule has 1 aliphatic heterocycles. The number of aromatic nitrogens is 4. The van der Waals surface area contributed by atoms with Gasteiger partial charge in [-0.2, -0.15) is 4.98 Å². The molecule has 0 aliphatic carbocycles. The standard InChI is InChI=1S/C27H29N5O4/c1-18-16-31(21-13-12-20(35-3)15-22(21)36-4)26-28-24-23(32(26)17-18)25(33)30(27(34)29(24)2)14-8-11-19-9-6-5-7-10-19/h5-13,15,18H,14,16-17H2,1-4H3/b11-8+/t18-/m1/s1. The Morgan fingerprint density at radius 3 is 2.56 bits per heavy atom. The Bertz CT molecular complexity index is 1570. The molecule has 0 fully saturated rings. The number of fused-ring (bicyclic) bond motifs is 3. The molecule has 0 saturated carbocycles. The Morgan fingerprint density at radius 1 is 1.06 bits per heavy atom. The van der Waals surface area contributed by atoms with Gasteiger partial charge in [-0.3, -0.25) is 13.9 Å². The molecule has 3 heterocycles. The first-order chi connectivity index (χ1) is 17.4. The van der Waals surface area contributed by atoms with Crippen LogP contribution < -0.4 is 25.6 Å². The molecule has 1 aliphatic rings. The number of anilines is 2. The number of hydrogen-bond acceptors (Lipinski definition) is 6. The van der Waals surface area contributed by atoms with E-state index in [0.717, 1.165) is 11.3 Å². The van der Waals surface area contributed by atoms with E-state index < -0.39 is 5.69 Å². The first-order valence-electron chi connectivity index (χ1n) is 11.8. The summed E-state index contributed by atoms with van der Waals surface area (Å²) in [7, 11) is 4.87. The fourth-order valence-corrected chi connectivity index (χ4v) is 4.74. The van der Waals surface area contributed by atoms with Gasteiger partial charge >= 0.3 is 5.69 Å². The van der Waals surface area contributed by atoms with Gasteiger partial charge in [-0.25, -0.2) is 4.79 Å². The maximum atomic E-state index is 13.6. The van der Waals surface area contributed by atoms with Crippen LogP contribution in [-0.4, -0.2) is 39.4 Å². The molecule has 0 bridgehead atoms. The Balaban J connectivity index is 1.64. The highest BCUT2D eigenvalue weighted by molar-refractivity contribution is 5.78. The Hall–Kier alpha value is -4.27. The van der Waals surface area contributed by atoms with Gasteiger partial charge in [0.25, 0.3) is 5.56 Å². The number of methoxy groups -OCH3 is 2. The van der Waals surface area contributed by atoms with E-state index in [9.17, 15) is 9.59 Å². The van der Waals surface area contributed by atoms with Gasteiger partial charge in [0.2, 0.25) is 5.95 Å². The lowest BCUT2D eigenvalue weighted by Crippen LogP contribution is -2.40. The predicted molar refractivity (Wildman–Crippen MR) is 140 cm³/mol. The van der Waals surface area contributed by atoms with E-state index in [4.69, 9.17) is 14.5 Å². The van der Waals surface area contributed by atoms with E-state index in [1.165, 1.54) is 9.13 Å². The van der Waals surface area contributed by atoms with Crippen molar-refractivity contribution in [3.05, 3.63) is 81.0 Å². The molecule has 0 amide bonds. The van der Waals surface area contributed by atoms with Gasteiger partial charge in [-0.1, -0.05) is 49.4 Å². The summed E-state index contributed by atoms with van der Waals surface area (Å²) in [5, 5.41) is 0. The molecular formula is C27H29N5O4. The Morgan fingerprint density at radius 2 is 1.83 bits per heavy atom. The number of ether oxygens (including phenoxy) is 2. The van der Waals surface area contributed by atoms with Gasteiger partial charge in [0.05, 0.1) is 19.9 Å². The molecule has 2 aromatic carbocycles. The maximum Gasteiger partial charge on any atom is 0.332 e. The smallest absolute Gasteiger partial charge is 0.332 e. The number of aryl methyl sites for hydroxylation is 1. The average Bonchev–Trinajstić information content (AvgIpc) is 3.28. The summed E-state index contributed by atoms with van der Waals surface area (Å²) in [6.07, 6.45) is 3.73. The molecule has 186 valence electrons. The number of rotatable bonds is 6. The third kappa shape index (κ3) is 3.96. The highest BCUT2D eigenvalue weighted by Crippen LogP contribution is 2.39. The minimum Gasteiger partial charge on any atom is -0.497 e. The summed E-state index contributed by atoms with van der Waals surface area (Å²) in [4.78, 5) is 33.6. The van der Waals surface area contributed by atoms with Gasteiger partial charge in [-0.15, -0.1) is 0 Å². The van der Waals surface area contributed by atoms with Crippen molar-refractivity contribution in [1.82, 2.24) is 18.7 Å². The minimum atomic E-state index is -0.401. The van der Waals surface area contributed by atoms with E-state index in [0.29, 0.717) is 41.7 Å². The zero-order valence-electron chi connectivity index (χ0n) is 20.8. The molecule has 0 saturated heterocycles. The first kappa shape index (κ1) is 23.5. The van der Waals surface area contributed by atoms with E-state index >= 15 is 0 Å². The highest BCUT2D eigenvalue weighted by Gasteiger charge is 2.31. The van der Waals surface area contributed by atoms with Crippen LogP contribution in [0.2, 0.25) is 0 Å².